The van der Waals surface area contributed by atoms with Gasteiger partial charge in [0.25, 0.3) is 0 Å². The topological polar surface area (TPSA) is 68.5 Å². The van der Waals surface area contributed by atoms with Gasteiger partial charge in [-0.2, -0.15) is 0 Å². The number of rotatable bonds is 6. The monoisotopic (exact) mass is 420 g/mol. The summed E-state index contributed by atoms with van der Waals surface area (Å²) in [5, 5.41) is 3.61. The zero-order valence-electron chi connectivity index (χ0n) is 13.6. The van der Waals surface area contributed by atoms with Gasteiger partial charge in [-0.25, -0.2) is 14.8 Å². The normalized spacial score (nSPS) is 10.8. The number of nitrogens with one attached hydrogen (secondary N) is 1. The summed E-state index contributed by atoms with van der Waals surface area (Å²) >= 11 is 5.02. The van der Waals surface area contributed by atoms with Crippen LogP contribution in [0, 0.1) is 0 Å². The summed E-state index contributed by atoms with van der Waals surface area (Å²) in [5.74, 6) is 0. The Hall–Kier alpha value is -2.06. The number of imidazole rings is 1. The number of aromatic nitrogens is 3. The van der Waals surface area contributed by atoms with Gasteiger partial charge in [-0.1, -0.05) is 30.3 Å². The molecule has 0 aliphatic heterocycles. The number of carbonyl (C=O) groups is 1. The Labute approximate surface area is 158 Å². The lowest BCUT2D eigenvalue weighted by Gasteiger charge is -2.08. The largest absolute Gasteiger partial charge is 0.445 e. The highest BCUT2D eigenvalue weighted by Crippen LogP contribution is 2.22. The van der Waals surface area contributed by atoms with E-state index in [0.717, 1.165) is 26.5 Å². The van der Waals surface area contributed by atoms with E-state index in [1.807, 2.05) is 47.2 Å². The van der Waals surface area contributed by atoms with Crippen molar-refractivity contribution < 1.29 is 9.53 Å². The van der Waals surface area contributed by atoms with E-state index < -0.39 is 6.09 Å². The fraction of sp³-hybridized carbons (Fsp3) is 0.235. The smallest absolute Gasteiger partial charge is 0.407 e. The maximum Gasteiger partial charge on any atom is 0.407 e. The van der Waals surface area contributed by atoms with Crippen LogP contribution in [-0.4, -0.2) is 33.3 Å². The first kappa shape index (κ1) is 17.8. The average molecular weight is 421 g/mol. The number of thioether (sulfide) groups is 1. The van der Waals surface area contributed by atoms with E-state index in [4.69, 9.17) is 4.74 Å². The first-order valence-corrected chi connectivity index (χ1v) is 9.70. The lowest BCUT2D eigenvalue weighted by molar-refractivity contribution is 0.140. The summed E-state index contributed by atoms with van der Waals surface area (Å²) in [6.07, 6.45) is 5.81. The molecule has 0 spiro atoms. The minimum absolute atomic E-state index is 0.259. The summed E-state index contributed by atoms with van der Waals surface area (Å²) in [5.41, 5.74) is 2.65. The number of fused-ring (bicyclic) bond motifs is 1. The van der Waals surface area contributed by atoms with Crippen molar-refractivity contribution in [3.05, 3.63) is 58.6 Å². The van der Waals surface area contributed by atoms with Gasteiger partial charge in [-0.05, 0) is 27.7 Å². The standard InChI is InChI=1S/C17H17BrN4O2S/c1-25-16-15-20-9-14(18)22(15)10-13(21-16)7-8-19-17(23)24-11-12-5-3-2-4-6-12/h2-6,9-10H,7-8,11H2,1H3,(H,19,23). The van der Waals surface area contributed by atoms with Crippen LogP contribution in [0.5, 0.6) is 0 Å². The first-order chi connectivity index (χ1) is 12.2. The number of halogens is 1. The molecule has 0 radical (unpaired) electrons. The van der Waals surface area contributed by atoms with Crippen molar-refractivity contribution >= 4 is 39.4 Å². The molecule has 130 valence electrons. The molecule has 2 heterocycles. The second-order valence-electron chi connectivity index (χ2n) is 5.25. The average Bonchev–Trinajstić information content (AvgIpc) is 3.01. The molecule has 1 amide bonds. The summed E-state index contributed by atoms with van der Waals surface area (Å²) in [6, 6.07) is 9.58. The van der Waals surface area contributed by atoms with Crippen LogP contribution < -0.4 is 5.32 Å². The SMILES string of the molecule is CSc1nc(CCNC(=O)OCc2ccccc2)cn2c(Br)cnc12. The Morgan fingerprint density at radius 2 is 2.16 bits per heavy atom. The van der Waals surface area contributed by atoms with Gasteiger partial charge in [-0.15, -0.1) is 11.8 Å². The third-order valence-electron chi connectivity index (χ3n) is 3.52. The number of ether oxygens (including phenoxy) is 1. The van der Waals surface area contributed by atoms with Gasteiger partial charge in [-0.3, -0.25) is 4.40 Å². The molecule has 25 heavy (non-hydrogen) atoms. The molecule has 8 heteroatoms. The molecule has 3 aromatic rings. The molecule has 6 nitrogen and oxygen atoms in total. The van der Waals surface area contributed by atoms with Crippen LogP contribution >= 0.6 is 27.7 Å². The molecule has 0 bridgehead atoms. The molecule has 3 rings (SSSR count). The van der Waals surface area contributed by atoms with Crippen molar-refractivity contribution in [2.45, 2.75) is 18.1 Å². The molecule has 0 atom stereocenters. The van der Waals surface area contributed by atoms with Crippen molar-refractivity contribution in [1.29, 1.82) is 0 Å². The van der Waals surface area contributed by atoms with Crippen molar-refractivity contribution in [3.63, 3.8) is 0 Å². The van der Waals surface area contributed by atoms with E-state index in [-0.39, 0.29) is 6.61 Å². The van der Waals surface area contributed by atoms with Crippen molar-refractivity contribution in [2.24, 2.45) is 0 Å². The van der Waals surface area contributed by atoms with Gasteiger partial charge in [0.1, 0.15) is 16.2 Å². The fourth-order valence-corrected chi connectivity index (χ4v) is 3.22. The lowest BCUT2D eigenvalue weighted by atomic mass is 10.2. The Kier molecular flexibility index (Phi) is 5.93. The van der Waals surface area contributed by atoms with Gasteiger partial charge in [0.2, 0.25) is 0 Å². The van der Waals surface area contributed by atoms with Crippen LogP contribution in [0.4, 0.5) is 4.79 Å². The molecule has 0 unspecified atom stereocenters. The molecule has 0 aliphatic rings. The van der Waals surface area contributed by atoms with Gasteiger partial charge in [0.05, 0.1) is 11.9 Å². The van der Waals surface area contributed by atoms with Crippen molar-refractivity contribution in [1.82, 2.24) is 19.7 Å². The maximum atomic E-state index is 11.8. The number of amides is 1. The minimum Gasteiger partial charge on any atom is -0.445 e. The molecule has 0 fully saturated rings. The summed E-state index contributed by atoms with van der Waals surface area (Å²) in [7, 11) is 0. The Balaban J connectivity index is 1.54. The molecule has 2 aromatic heterocycles. The molecule has 1 N–H and O–H groups in total. The summed E-state index contributed by atoms with van der Waals surface area (Å²) in [6.45, 7) is 0.710. The summed E-state index contributed by atoms with van der Waals surface area (Å²) in [4.78, 5) is 20.7. The van der Waals surface area contributed by atoms with Crippen LogP contribution in [0.1, 0.15) is 11.3 Å². The maximum absolute atomic E-state index is 11.8. The number of hydrogen-bond donors (Lipinski definition) is 1. The highest BCUT2D eigenvalue weighted by molar-refractivity contribution is 9.10. The highest BCUT2D eigenvalue weighted by atomic mass is 79.9. The van der Waals surface area contributed by atoms with Crippen LogP contribution in [0.2, 0.25) is 0 Å². The van der Waals surface area contributed by atoms with E-state index in [1.54, 1.807) is 18.0 Å². The molecular weight excluding hydrogens is 404 g/mol. The van der Waals surface area contributed by atoms with E-state index >= 15 is 0 Å². The lowest BCUT2D eigenvalue weighted by Crippen LogP contribution is -2.26. The van der Waals surface area contributed by atoms with E-state index in [9.17, 15) is 4.79 Å². The molecule has 0 saturated heterocycles. The minimum atomic E-state index is -0.432. The first-order valence-electron chi connectivity index (χ1n) is 7.68. The fourth-order valence-electron chi connectivity index (χ4n) is 2.30. The van der Waals surface area contributed by atoms with Gasteiger partial charge in [0, 0.05) is 19.2 Å². The number of benzene rings is 1. The second-order valence-corrected chi connectivity index (χ2v) is 6.86. The highest BCUT2D eigenvalue weighted by Gasteiger charge is 2.10. The number of nitrogens with zero attached hydrogens (tertiary/aromatic N) is 3. The quantitative estimate of drug-likeness (QED) is 0.615. The van der Waals surface area contributed by atoms with Crippen molar-refractivity contribution in [2.75, 3.05) is 12.8 Å². The Morgan fingerprint density at radius 1 is 1.36 bits per heavy atom. The molecule has 1 aromatic carbocycles. The zero-order valence-corrected chi connectivity index (χ0v) is 16.0. The van der Waals surface area contributed by atoms with Gasteiger partial charge < -0.3 is 10.1 Å². The third-order valence-corrected chi connectivity index (χ3v) is 4.77. The van der Waals surface area contributed by atoms with Gasteiger partial charge in [0.15, 0.2) is 5.65 Å². The van der Waals surface area contributed by atoms with Crippen molar-refractivity contribution in [3.8, 4) is 0 Å². The molecule has 0 aliphatic carbocycles. The predicted octanol–water partition coefficient (Wildman–Crippen LogP) is 3.68. The second kappa shape index (κ2) is 8.35. The number of hydrogen-bond acceptors (Lipinski definition) is 5. The summed E-state index contributed by atoms with van der Waals surface area (Å²) < 4.78 is 8.01. The Bertz CT molecular complexity index is 870. The van der Waals surface area contributed by atoms with E-state index in [2.05, 4.69) is 31.2 Å². The zero-order chi connectivity index (χ0) is 17.6. The predicted molar refractivity (Wildman–Crippen MR) is 101 cm³/mol. The third kappa shape index (κ3) is 4.52. The molecule has 0 saturated carbocycles. The van der Waals surface area contributed by atoms with E-state index in [1.165, 1.54) is 0 Å². The molecular formula is C17H17BrN4O2S. The van der Waals surface area contributed by atoms with Gasteiger partial charge >= 0.3 is 6.09 Å². The number of carbonyl (C=O) groups excluding carboxylic acids is 1. The van der Waals surface area contributed by atoms with Crippen LogP contribution in [0.15, 0.2) is 52.4 Å². The van der Waals surface area contributed by atoms with Crippen LogP contribution in [0.3, 0.4) is 0 Å². The number of alkyl carbamates (subject to hydrolysis) is 1. The van der Waals surface area contributed by atoms with E-state index in [0.29, 0.717) is 13.0 Å². The van der Waals surface area contributed by atoms with Crippen LogP contribution in [-0.2, 0) is 17.8 Å². The Morgan fingerprint density at radius 3 is 2.92 bits per heavy atom. The van der Waals surface area contributed by atoms with Crippen LogP contribution in [0.25, 0.3) is 5.65 Å².